The van der Waals surface area contributed by atoms with Crippen molar-refractivity contribution in [2.75, 3.05) is 31.3 Å². The molecule has 2 atom stereocenters. The van der Waals surface area contributed by atoms with Gasteiger partial charge in [-0.2, -0.15) is 12.6 Å². The number of amides is 3. The molecule has 196 valence electrons. The number of anilines is 1. The van der Waals surface area contributed by atoms with E-state index in [4.69, 9.17) is 9.47 Å². The van der Waals surface area contributed by atoms with E-state index in [0.29, 0.717) is 17.0 Å². The van der Waals surface area contributed by atoms with Crippen LogP contribution in [0.15, 0.2) is 48.5 Å². The van der Waals surface area contributed by atoms with Gasteiger partial charge in [-0.25, -0.2) is 4.79 Å². The Morgan fingerprint density at radius 3 is 2.31 bits per heavy atom. The number of carbonyl (C=O) groups excluding carboxylic acids is 3. The lowest BCUT2D eigenvalue weighted by molar-refractivity contribution is -0.140. The largest absolute Gasteiger partial charge is 0.508 e. The van der Waals surface area contributed by atoms with E-state index >= 15 is 0 Å². The lowest BCUT2D eigenvalue weighted by atomic mass is 10.0. The van der Waals surface area contributed by atoms with Crippen molar-refractivity contribution in [3.63, 3.8) is 0 Å². The lowest BCUT2D eigenvalue weighted by Crippen LogP contribution is -2.53. The molecule has 11 heteroatoms. The zero-order valence-electron chi connectivity index (χ0n) is 20.7. The minimum atomic E-state index is -1.25. The van der Waals surface area contributed by atoms with Crippen LogP contribution >= 0.6 is 12.6 Å². The summed E-state index contributed by atoms with van der Waals surface area (Å²) >= 11 is 4.19. The third kappa shape index (κ3) is 8.35. The first kappa shape index (κ1) is 28.8. The number of hydrogen-bond acceptors (Lipinski definition) is 8. The molecule has 2 unspecified atom stereocenters. The number of aliphatic hydroxyl groups is 1. The quantitative estimate of drug-likeness (QED) is 0.304. The summed E-state index contributed by atoms with van der Waals surface area (Å²) < 4.78 is 10.4. The Kier molecular flexibility index (Phi) is 10.4. The van der Waals surface area contributed by atoms with Crippen LogP contribution in [0.5, 0.6) is 11.5 Å². The Hall–Kier alpha value is -3.44. The molecule has 0 saturated carbocycles. The van der Waals surface area contributed by atoms with Crippen molar-refractivity contribution in [3.05, 3.63) is 54.1 Å². The second kappa shape index (κ2) is 13.0. The molecule has 0 saturated heterocycles. The minimum absolute atomic E-state index is 0.0904. The Balaban J connectivity index is 2.41. The van der Waals surface area contributed by atoms with E-state index in [0.717, 1.165) is 4.90 Å². The number of nitrogens with one attached hydrogen (secondary N) is 2. The number of benzene rings is 2. The fourth-order valence-corrected chi connectivity index (χ4v) is 3.61. The first-order chi connectivity index (χ1) is 17.0. The first-order valence-electron chi connectivity index (χ1n) is 11.2. The number of aromatic hydroxyl groups is 1. The van der Waals surface area contributed by atoms with Crippen molar-refractivity contribution in [3.8, 4) is 11.5 Å². The molecule has 0 aliphatic rings. The summed E-state index contributed by atoms with van der Waals surface area (Å²) in [6.45, 7) is 4.37. The van der Waals surface area contributed by atoms with Gasteiger partial charge in [0, 0.05) is 18.0 Å². The summed E-state index contributed by atoms with van der Waals surface area (Å²) in [6, 6.07) is 10.1. The van der Waals surface area contributed by atoms with Gasteiger partial charge in [-0.1, -0.05) is 12.1 Å². The van der Waals surface area contributed by atoms with E-state index in [1.807, 2.05) is 0 Å². The van der Waals surface area contributed by atoms with Crippen molar-refractivity contribution < 1.29 is 34.1 Å². The molecule has 3 amide bonds. The number of hydrogen-bond donors (Lipinski definition) is 5. The fraction of sp³-hybridized carbons (Fsp3) is 0.400. The summed E-state index contributed by atoms with van der Waals surface area (Å²) in [4.78, 5) is 40.5. The summed E-state index contributed by atoms with van der Waals surface area (Å²) in [5, 5.41) is 25.0. The molecular formula is C25H33N3O7S. The van der Waals surface area contributed by atoms with Crippen LogP contribution < -0.4 is 15.4 Å². The number of ether oxygens (including phenoxy) is 2. The first-order valence-corrected chi connectivity index (χ1v) is 11.9. The molecule has 2 aromatic carbocycles. The minimum Gasteiger partial charge on any atom is -0.508 e. The molecule has 10 nitrogen and oxygen atoms in total. The van der Waals surface area contributed by atoms with Crippen molar-refractivity contribution in [2.45, 2.75) is 38.5 Å². The predicted octanol–water partition coefficient (Wildman–Crippen LogP) is 2.72. The third-order valence-electron chi connectivity index (χ3n) is 4.90. The molecular weight excluding hydrogens is 486 g/mol. The van der Waals surface area contributed by atoms with E-state index in [1.165, 1.54) is 25.3 Å². The molecule has 0 fully saturated rings. The number of methoxy groups -OCH3 is 1. The van der Waals surface area contributed by atoms with Crippen LogP contribution in [0.3, 0.4) is 0 Å². The van der Waals surface area contributed by atoms with Gasteiger partial charge < -0.3 is 35.2 Å². The van der Waals surface area contributed by atoms with E-state index in [9.17, 15) is 24.6 Å². The van der Waals surface area contributed by atoms with Crippen LogP contribution in [0, 0.1) is 0 Å². The van der Waals surface area contributed by atoms with Crippen LogP contribution in [0.25, 0.3) is 0 Å². The Labute approximate surface area is 216 Å². The number of phenolic OH excluding ortho intramolecular Hbond substituents is 1. The van der Waals surface area contributed by atoms with Gasteiger partial charge >= 0.3 is 6.09 Å². The molecule has 0 radical (unpaired) electrons. The number of thiol groups is 1. The lowest BCUT2D eigenvalue weighted by Gasteiger charge is -2.33. The maximum absolute atomic E-state index is 13.5. The average molecular weight is 520 g/mol. The summed E-state index contributed by atoms with van der Waals surface area (Å²) in [6.07, 6.45) is -0.824. The van der Waals surface area contributed by atoms with Crippen molar-refractivity contribution >= 4 is 36.2 Å². The fourth-order valence-electron chi connectivity index (χ4n) is 3.36. The van der Waals surface area contributed by atoms with Crippen LogP contribution in [-0.4, -0.2) is 70.7 Å². The van der Waals surface area contributed by atoms with Gasteiger partial charge in [0.2, 0.25) is 5.91 Å². The van der Waals surface area contributed by atoms with Crippen LogP contribution in [0.4, 0.5) is 10.5 Å². The summed E-state index contributed by atoms with van der Waals surface area (Å²) in [7, 11) is 1.52. The van der Waals surface area contributed by atoms with Gasteiger partial charge in [0.05, 0.1) is 13.7 Å². The van der Waals surface area contributed by atoms with Crippen molar-refractivity contribution in [1.82, 2.24) is 10.2 Å². The molecule has 2 rings (SSSR count). The average Bonchev–Trinajstić information content (AvgIpc) is 2.81. The topological polar surface area (TPSA) is 137 Å². The Morgan fingerprint density at radius 2 is 1.78 bits per heavy atom. The van der Waals surface area contributed by atoms with Gasteiger partial charge in [-0.05, 0) is 62.7 Å². The van der Waals surface area contributed by atoms with Crippen molar-refractivity contribution in [2.24, 2.45) is 0 Å². The molecule has 2 aromatic rings. The van der Waals surface area contributed by atoms with E-state index in [2.05, 4.69) is 23.3 Å². The number of alkyl carbamates (subject to hydrolysis) is 1. The number of rotatable bonds is 10. The zero-order valence-corrected chi connectivity index (χ0v) is 21.6. The normalized spacial score (nSPS) is 12.7. The highest BCUT2D eigenvalue weighted by Gasteiger charge is 2.36. The maximum Gasteiger partial charge on any atom is 0.408 e. The number of nitrogens with zero attached hydrogens (tertiary/aromatic N) is 1. The highest BCUT2D eigenvalue weighted by molar-refractivity contribution is 7.80. The Morgan fingerprint density at radius 1 is 1.11 bits per heavy atom. The van der Waals surface area contributed by atoms with E-state index in [-0.39, 0.29) is 18.0 Å². The second-order valence-electron chi connectivity index (χ2n) is 8.85. The monoisotopic (exact) mass is 519 g/mol. The predicted molar refractivity (Wildman–Crippen MR) is 138 cm³/mol. The molecule has 0 aliphatic carbocycles. The standard InChI is InChI=1S/C25H33N3O7S/c1-25(2,3)35-24(33)27-20(15-36)23(32)28(12-13-29)21(16-6-5-7-18(30)14-16)22(31)26-17-8-10-19(34-4)11-9-17/h5-11,14,20-21,29-30,36H,12-13,15H2,1-4H3,(H,26,31)(H,27,33). The second-order valence-corrected chi connectivity index (χ2v) is 9.22. The summed E-state index contributed by atoms with van der Waals surface area (Å²) in [5.41, 5.74) is -0.0421. The molecule has 36 heavy (non-hydrogen) atoms. The third-order valence-corrected chi connectivity index (χ3v) is 5.26. The van der Waals surface area contributed by atoms with Crippen LogP contribution in [0.1, 0.15) is 32.4 Å². The van der Waals surface area contributed by atoms with Crippen molar-refractivity contribution in [1.29, 1.82) is 0 Å². The number of aliphatic hydroxyl groups excluding tert-OH is 1. The molecule has 0 aromatic heterocycles. The van der Waals surface area contributed by atoms with E-state index < -0.39 is 42.2 Å². The van der Waals surface area contributed by atoms with Crippen LogP contribution in [0.2, 0.25) is 0 Å². The highest BCUT2D eigenvalue weighted by atomic mass is 32.1. The maximum atomic E-state index is 13.5. The smallest absolute Gasteiger partial charge is 0.408 e. The van der Waals surface area contributed by atoms with E-state index in [1.54, 1.807) is 51.1 Å². The molecule has 0 aliphatic heterocycles. The Bertz CT molecular complexity index is 1040. The highest BCUT2D eigenvalue weighted by Crippen LogP contribution is 2.27. The summed E-state index contributed by atoms with van der Waals surface area (Å²) in [5.74, 6) is -0.860. The SMILES string of the molecule is COc1ccc(NC(=O)C(c2cccc(O)c2)N(CCO)C(=O)C(CS)NC(=O)OC(C)(C)C)cc1. The number of phenols is 1. The van der Waals surface area contributed by atoms with Gasteiger partial charge in [0.15, 0.2) is 0 Å². The molecule has 0 bridgehead atoms. The van der Waals surface area contributed by atoms with Crippen LogP contribution in [-0.2, 0) is 14.3 Å². The molecule has 0 spiro atoms. The number of carbonyl (C=O) groups is 3. The van der Waals surface area contributed by atoms with Gasteiger partial charge in [-0.3, -0.25) is 9.59 Å². The zero-order chi connectivity index (χ0) is 26.9. The van der Waals surface area contributed by atoms with Gasteiger partial charge in [-0.15, -0.1) is 0 Å². The molecule has 4 N–H and O–H groups in total. The van der Waals surface area contributed by atoms with Gasteiger partial charge in [0.1, 0.15) is 29.2 Å². The van der Waals surface area contributed by atoms with Gasteiger partial charge in [0.25, 0.3) is 5.91 Å². The molecule has 0 heterocycles.